The lowest BCUT2D eigenvalue weighted by molar-refractivity contribution is -0.115. The molecule has 1 aliphatic heterocycles. The van der Waals surface area contributed by atoms with Crippen LogP contribution < -0.4 is 15.5 Å². The first-order chi connectivity index (χ1) is 10.7. The van der Waals surface area contributed by atoms with Crippen molar-refractivity contribution in [3.8, 4) is 6.07 Å². The van der Waals surface area contributed by atoms with Crippen molar-refractivity contribution in [1.82, 2.24) is 20.8 Å². The van der Waals surface area contributed by atoms with Crippen LogP contribution in [0, 0.1) is 11.3 Å². The van der Waals surface area contributed by atoms with Crippen LogP contribution >= 0.6 is 0 Å². The van der Waals surface area contributed by atoms with E-state index < -0.39 is 0 Å². The van der Waals surface area contributed by atoms with Gasteiger partial charge in [0, 0.05) is 33.4 Å². The average molecular weight is 302 g/mol. The molecule has 2 rings (SSSR count). The molecule has 8 heteroatoms. The minimum atomic E-state index is -0.277. The molecule has 1 aromatic heterocycles. The predicted octanol–water partition coefficient (Wildman–Crippen LogP) is -0.509. The number of hydrogen-bond acceptors (Lipinski definition) is 7. The molecule has 0 atom stereocenters. The van der Waals surface area contributed by atoms with E-state index in [0.29, 0.717) is 43.3 Å². The van der Waals surface area contributed by atoms with E-state index in [0.717, 1.165) is 0 Å². The van der Waals surface area contributed by atoms with Gasteiger partial charge in [-0.3, -0.25) is 4.79 Å². The number of carbonyl (C=O) groups excluding carboxylic acids is 1. The number of likely N-dealkylation sites (N-methyl/N-ethyl adjacent to an activating group) is 1. The Labute approximate surface area is 128 Å². The maximum absolute atomic E-state index is 12.0. The summed E-state index contributed by atoms with van der Waals surface area (Å²) in [7, 11) is 3.24. The van der Waals surface area contributed by atoms with Crippen molar-refractivity contribution in [3.63, 3.8) is 0 Å². The van der Waals surface area contributed by atoms with Crippen molar-refractivity contribution >= 4 is 17.2 Å². The smallest absolute Gasteiger partial charge is 0.254 e. The fourth-order valence-electron chi connectivity index (χ4n) is 2.17. The molecule has 0 spiro atoms. The van der Waals surface area contributed by atoms with E-state index >= 15 is 0 Å². The van der Waals surface area contributed by atoms with E-state index in [1.165, 1.54) is 0 Å². The summed E-state index contributed by atoms with van der Waals surface area (Å²) in [5.41, 5.74) is 1.68. The molecule has 0 saturated carbocycles. The van der Waals surface area contributed by atoms with Gasteiger partial charge in [-0.2, -0.15) is 5.26 Å². The third kappa shape index (κ3) is 3.32. The molecule has 1 aromatic rings. The van der Waals surface area contributed by atoms with Crippen molar-refractivity contribution in [1.29, 1.82) is 5.26 Å². The highest BCUT2D eigenvalue weighted by molar-refractivity contribution is 6.18. The quantitative estimate of drug-likeness (QED) is 0.722. The number of carbonyl (C=O) groups is 1. The lowest BCUT2D eigenvalue weighted by atomic mass is 10.1. The summed E-state index contributed by atoms with van der Waals surface area (Å²) in [6.07, 6.45) is 1.55. The van der Waals surface area contributed by atoms with Gasteiger partial charge in [-0.25, -0.2) is 0 Å². The molecule has 8 nitrogen and oxygen atoms in total. The summed E-state index contributed by atoms with van der Waals surface area (Å²) in [6.45, 7) is 2.53. The summed E-state index contributed by atoms with van der Waals surface area (Å²) >= 11 is 0. The number of hydrogen-bond donors (Lipinski definition) is 2. The highest BCUT2D eigenvalue weighted by atomic mass is 16.5. The third-order valence-corrected chi connectivity index (χ3v) is 3.27. The summed E-state index contributed by atoms with van der Waals surface area (Å²) < 4.78 is 5.32. The van der Waals surface area contributed by atoms with Gasteiger partial charge in [0.2, 0.25) is 0 Å². The number of aromatic nitrogens is 2. The Morgan fingerprint density at radius 1 is 1.41 bits per heavy atom. The van der Waals surface area contributed by atoms with E-state index in [1.54, 1.807) is 26.4 Å². The Morgan fingerprint density at radius 3 is 2.73 bits per heavy atom. The molecule has 0 bridgehead atoms. The van der Waals surface area contributed by atoms with Crippen LogP contribution in [0.5, 0.6) is 0 Å². The second kappa shape index (κ2) is 7.38. The minimum absolute atomic E-state index is 0.242. The molecule has 2 N–H and O–H groups in total. The third-order valence-electron chi connectivity index (χ3n) is 3.27. The molecule has 1 fully saturated rings. The van der Waals surface area contributed by atoms with Gasteiger partial charge >= 0.3 is 0 Å². The van der Waals surface area contributed by atoms with Gasteiger partial charge in [-0.05, 0) is 6.07 Å². The maximum atomic E-state index is 12.0. The number of nitriles is 1. The maximum Gasteiger partial charge on any atom is 0.254 e. The van der Waals surface area contributed by atoms with Crippen LogP contribution in [0.4, 0.5) is 5.69 Å². The molecule has 0 aliphatic carbocycles. The first kappa shape index (κ1) is 15.7. The summed E-state index contributed by atoms with van der Waals surface area (Å²) in [5, 5.41) is 22.5. The minimum Gasteiger partial charge on any atom is -0.393 e. The number of nitrogens with zero attached hydrogens (tertiary/aromatic N) is 4. The highest BCUT2D eigenvalue weighted by Crippen LogP contribution is 2.23. The van der Waals surface area contributed by atoms with Gasteiger partial charge < -0.3 is 20.3 Å². The molecular weight excluding hydrogens is 284 g/mol. The number of nitrogens with one attached hydrogen (secondary N) is 2. The lowest BCUT2D eigenvalue weighted by Gasteiger charge is -2.29. The standard InChI is InChI=1S/C14H18N6O2/c1-16-9-10(14(21)17-2)11-7-13(12(8-15)19-18-11)20-3-5-22-6-4-20/h7,9,16H,3-6H2,1-2H3,(H,17,21)/b10-9-. The normalized spacial score (nSPS) is 15.1. The van der Waals surface area contributed by atoms with Crippen molar-refractivity contribution in [2.45, 2.75) is 0 Å². The van der Waals surface area contributed by atoms with Gasteiger partial charge in [-0.1, -0.05) is 0 Å². The molecular formula is C14H18N6O2. The van der Waals surface area contributed by atoms with Crippen molar-refractivity contribution in [3.05, 3.63) is 23.7 Å². The topological polar surface area (TPSA) is 103 Å². The molecule has 22 heavy (non-hydrogen) atoms. The first-order valence-corrected chi connectivity index (χ1v) is 6.91. The average Bonchev–Trinajstić information content (AvgIpc) is 2.59. The first-order valence-electron chi connectivity index (χ1n) is 6.91. The summed E-state index contributed by atoms with van der Waals surface area (Å²) in [6, 6.07) is 3.76. The molecule has 1 amide bonds. The zero-order valence-electron chi connectivity index (χ0n) is 12.6. The van der Waals surface area contributed by atoms with Crippen molar-refractivity contribution in [2.75, 3.05) is 45.3 Å². The van der Waals surface area contributed by atoms with Crippen LogP contribution in [-0.4, -0.2) is 56.5 Å². The van der Waals surface area contributed by atoms with Gasteiger partial charge in [-0.15, -0.1) is 10.2 Å². The van der Waals surface area contributed by atoms with E-state index in [4.69, 9.17) is 4.74 Å². The van der Waals surface area contributed by atoms with E-state index in [2.05, 4.69) is 20.8 Å². The second-order valence-electron chi connectivity index (χ2n) is 4.60. The van der Waals surface area contributed by atoms with E-state index in [9.17, 15) is 10.1 Å². The Morgan fingerprint density at radius 2 is 2.14 bits per heavy atom. The van der Waals surface area contributed by atoms with E-state index in [-0.39, 0.29) is 11.6 Å². The number of rotatable bonds is 4. The molecule has 1 saturated heterocycles. The largest absolute Gasteiger partial charge is 0.393 e. The second-order valence-corrected chi connectivity index (χ2v) is 4.60. The fraction of sp³-hybridized carbons (Fsp3) is 0.429. The zero-order valence-corrected chi connectivity index (χ0v) is 12.6. The van der Waals surface area contributed by atoms with Crippen LogP contribution in [0.25, 0.3) is 5.57 Å². The Bertz CT molecular complexity index is 616. The van der Waals surface area contributed by atoms with Crippen LogP contribution in [0.3, 0.4) is 0 Å². The molecule has 0 aromatic carbocycles. The predicted molar refractivity (Wildman–Crippen MR) is 80.9 cm³/mol. The zero-order chi connectivity index (χ0) is 15.9. The molecule has 0 radical (unpaired) electrons. The molecule has 116 valence electrons. The Kier molecular flexibility index (Phi) is 5.27. The molecule has 0 unspecified atom stereocenters. The van der Waals surface area contributed by atoms with Crippen molar-refractivity contribution < 1.29 is 9.53 Å². The van der Waals surface area contributed by atoms with Crippen LogP contribution in [0.15, 0.2) is 12.3 Å². The number of ether oxygens (including phenoxy) is 1. The summed E-state index contributed by atoms with van der Waals surface area (Å²) in [5.74, 6) is -0.277. The van der Waals surface area contributed by atoms with Crippen LogP contribution in [0.1, 0.15) is 11.4 Å². The number of morpholine rings is 1. The molecule has 2 heterocycles. The van der Waals surface area contributed by atoms with Crippen LogP contribution in [-0.2, 0) is 9.53 Å². The van der Waals surface area contributed by atoms with Gasteiger partial charge in [0.05, 0.1) is 24.5 Å². The highest BCUT2D eigenvalue weighted by Gasteiger charge is 2.20. The van der Waals surface area contributed by atoms with Gasteiger partial charge in [0.1, 0.15) is 11.8 Å². The SMILES string of the molecule is CN/C=C(\C(=O)NC)c1cc(N2CCOCC2)c(C#N)nn1. The van der Waals surface area contributed by atoms with Crippen LogP contribution in [0.2, 0.25) is 0 Å². The lowest BCUT2D eigenvalue weighted by Crippen LogP contribution is -2.37. The Hall–Kier alpha value is -2.66. The monoisotopic (exact) mass is 302 g/mol. The Balaban J connectivity index is 2.43. The van der Waals surface area contributed by atoms with E-state index in [1.807, 2.05) is 11.0 Å². The molecule has 1 aliphatic rings. The number of amides is 1. The van der Waals surface area contributed by atoms with Gasteiger partial charge in [0.25, 0.3) is 5.91 Å². The number of anilines is 1. The van der Waals surface area contributed by atoms with Crippen molar-refractivity contribution in [2.24, 2.45) is 0 Å². The van der Waals surface area contributed by atoms with Gasteiger partial charge in [0.15, 0.2) is 5.69 Å². The summed E-state index contributed by atoms with van der Waals surface area (Å²) in [4.78, 5) is 14.0. The fourth-order valence-corrected chi connectivity index (χ4v) is 2.17.